The topological polar surface area (TPSA) is 80.1 Å². The van der Waals surface area contributed by atoms with Gasteiger partial charge >= 0.3 is 0 Å². The molecule has 0 saturated heterocycles. The fraction of sp³-hybridized carbons (Fsp3) is 0.238. The minimum absolute atomic E-state index is 0. The Morgan fingerprint density at radius 1 is 1.23 bits per heavy atom. The van der Waals surface area contributed by atoms with Crippen LogP contribution in [0.1, 0.15) is 46.8 Å². The van der Waals surface area contributed by atoms with Gasteiger partial charge in [-0.3, -0.25) is 19.3 Å². The van der Waals surface area contributed by atoms with Crippen molar-refractivity contribution in [2.75, 3.05) is 16.8 Å². The maximum atomic E-state index is 13.7. The number of hydrogen-bond acceptors (Lipinski definition) is 4. The molecule has 7 nitrogen and oxygen atoms in total. The number of benzene rings is 1. The molecule has 3 aromatic rings. The van der Waals surface area contributed by atoms with Gasteiger partial charge in [-0.1, -0.05) is 19.0 Å². The summed E-state index contributed by atoms with van der Waals surface area (Å²) in [6.07, 6.45) is 3.78. The molecule has 0 bridgehead atoms. The number of nitrogens with one attached hydrogen (secondary N) is 1. The van der Waals surface area contributed by atoms with Crippen LogP contribution in [0.2, 0.25) is 5.02 Å². The van der Waals surface area contributed by atoms with Crippen LogP contribution in [-0.2, 0) is 0 Å². The molecular weight excluding hydrogens is 441 g/mol. The third-order valence-corrected chi connectivity index (χ3v) is 5.14. The highest BCUT2D eigenvalue weighted by Crippen LogP contribution is 2.29. The van der Waals surface area contributed by atoms with E-state index in [4.69, 9.17) is 11.6 Å². The summed E-state index contributed by atoms with van der Waals surface area (Å²) in [7, 11) is 0. The number of carbonyl (C=O) groups is 2. The Balaban J connectivity index is 0.00000171. The highest BCUT2D eigenvalue weighted by atomic mass is 35.5. The van der Waals surface area contributed by atoms with Crippen LogP contribution < -0.4 is 10.2 Å². The van der Waals surface area contributed by atoms with Crippen LogP contribution in [0.4, 0.5) is 15.8 Å². The third-order valence-electron chi connectivity index (χ3n) is 4.89. The number of pyridine rings is 1. The van der Waals surface area contributed by atoms with Crippen LogP contribution >= 0.6 is 25.1 Å². The number of amides is 2. The standard InChI is InChI=1S/C20H17ClFN5O2.CH4.H2S/c1-11-10-26(14-5-3-13(21)4-6-14)20(29)18-15(7-24-27(11)18)19(28)25-17-9-23-8-16(22)12(17)2;;/h3-9,11H,10H2,1-2H3,(H,25,28);1H4;1H2/t11-;;/m0../s1. The van der Waals surface area contributed by atoms with Crippen molar-refractivity contribution in [3.8, 4) is 0 Å². The van der Waals surface area contributed by atoms with E-state index in [0.29, 0.717) is 17.3 Å². The van der Waals surface area contributed by atoms with E-state index < -0.39 is 11.7 Å². The van der Waals surface area contributed by atoms with E-state index in [1.54, 1.807) is 33.8 Å². The lowest BCUT2D eigenvalue weighted by Gasteiger charge is -2.32. The Kier molecular flexibility index (Phi) is 7.45. The molecule has 2 aromatic heterocycles. The number of carbonyl (C=O) groups excluding carboxylic acids is 2. The number of nitrogens with zero attached hydrogens (tertiary/aromatic N) is 4. The molecule has 1 atom stereocenters. The zero-order valence-corrected chi connectivity index (χ0v) is 17.9. The van der Waals surface area contributed by atoms with Gasteiger partial charge in [0.2, 0.25) is 0 Å². The van der Waals surface area contributed by atoms with Gasteiger partial charge in [-0.2, -0.15) is 18.6 Å². The molecule has 3 heterocycles. The minimum atomic E-state index is -0.555. The van der Waals surface area contributed by atoms with Crippen molar-refractivity contribution in [1.29, 1.82) is 0 Å². The van der Waals surface area contributed by atoms with E-state index in [1.165, 1.54) is 19.3 Å². The van der Waals surface area contributed by atoms with E-state index in [-0.39, 0.29) is 55.4 Å². The average Bonchev–Trinajstić information content (AvgIpc) is 3.15. The van der Waals surface area contributed by atoms with Crippen molar-refractivity contribution in [3.63, 3.8) is 0 Å². The van der Waals surface area contributed by atoms with Crippen LogP contribution in [0, 0.1) is 12.7 Å². The van der Waals surface area contributed by atoms with Crippen molar-refractivity contribution < 1.29 is 14.0 Å². The average molecular weight is 464 g/mol. The predicted molar refractivity (Wildman–Crippen MR) is 124 cm³/mol. The number of rotatable bonds is 3. The van der Waals surface area contributed by atoms with E-state index in [9.17, 15) is 14.0 Å². The normalized spacial score (nSPS) is 14.9. The van der Waals surface area contributed by atoms with Crippen LogP contribution in [0.15, 0.2) is 42.9 Å². The Bertz CT molecular complexity index is 1120. The number of halogens is 2. The Hall–Kier alpha value is -2.91. The lowest BCUT2D eigenvalue weighted by molar-refractivity contribution is 0.0939. The van der Waals surface area contributed by atoms with Crippen molar-refractivity contribution in [3.05, 3.63) is 70.5 Å². The van der Waals surface area contributed by atoms with Gasteiger partial charge in [0.25, 0.3) is 11.8 Å². The van der Waals surface area contributed by atoms with Gasteiger partial charge < -0.3 is 10.2 Å². The van der Waals surface area contributed by atoms with Crippen LogP contribution in [0.25, 0.3) is 0 Å². The smallest absolute Gasteiger partial charge is 0.277 e. The summed E-state index contributed by atoms with van der Waals surface area (Å²) in [4.78, 5) is 31.4. The maximum Gasteiger partial charge on any atom is 0.277 e. The number of anilines is 2. The third kappa shape index (κ3) is 4.42. The highest BCUT2D eigenvalue weighted by molar-refractivity contribution is 7.59. The quantitative estimate of drug-likeness (QED) is 0.615. The molecule has 0 radical (unpaired) electrons. The lowest BCUT2D eigenvalue weighted by Crippen LogP contribution is -2.43. The van der Waals surface area contributed by atoms with Crippen LogP contribution in [0.5, 0.6) is 0 Å². The Morgan fingerprint density at radius 3 is 2.58 bits per heavy atom. The molecule has 0 aliphatic carbocycles. The molecule has 1 N–H and O–H groups in total. The van der Waals surface area contributed by atoms with Crippen molar-refractivity contribution in [2.24, 2.45) is 0 Å². The second-order valence-corrected chi connectivity index (χ2v) is 7.28. The molecule has 1 aliphatic rings. The molecular formula is C21H23ClFN5O2S. The molecule has 0 saturated carbocycles. The summed E-state index contributed by atoms with van der Waals surface area (Å²) < 4.78 is 15.3. The summed E-state index contributed by atoms with van der Waals surface area (Å²) in [5, 5.41) is 7.41. The lowest BCUT2D eigenvalue weighted by atomic mass is 10.1. The van der Waals surface area contributed by atoms with Crippen molar-refractivity contribution in [2.45, 2.75) is 27.3 Å². The highest BCUT2D eigenvalue weighted by Gasteiger charge is 2.35. The zero-order valence-electron chi connectivity index (χ0n) is 16.2. The van der Waals surface area contributed by atoms with Gasteiger partial charge in [0, 0.05) is 22.8 Å². The van der Waals surface area contributed by atoms with Crippen LogP contribution in [0.3, 0.4) is 0 Å². The molecule has 10 heteroatoms. The summed E-state index contributed by atoms with van der Waals surface area (Å²) in [6.45, 7) is 3.85. The van der Waals surface area contributed by atoms with E-state index in [0.717, 1.165) is 6.20 Å². The number of fused-ring (bicyclic) bond motifs is 1. The first-order valence-electron chi connectivity index (χ1n) is 8.93. The van der Waals surface area contributed by atoms with Crippen LogP contribution in [-0.4, -0.2) is 33.1 Å². The summed E-state index contributed by atoms with van der Waals surface area (Å²) in [5.74, 6) is -1.43. The summed E-state index contributed by atoms with van der Waals surface area (Å²) in [6, 6.07) is 6.76. The fourth-order valence-corrected chi connectivity index (χ4v) is 3.41. The summed E-state index contributed by atoms with van der Waals surface area (Å²) >= 11 is 5.94. The molecule has 1 aliphatic heterocycles. The van der Waals surface area contributed by atoms with E-state index in [2.05, 4.69) is 15.4 Å². The number of hydrogen-bond donors (Lipinski definition) is 1. The second-order valence-electron chi connectivity index (χ2n) is 6.84. The van der Waals surface area contributed by atoms with Crippen molar-refractivity contribution in [1.82, 2.24) is 14.8 Å². The molecule has 4 rings (SSSR count). The van der Waals surface area contributed by atoms with E-state index >= 15 is 0 Å². The summed E-state index contributed by atoms with van der Waals surface area (Å²) in [5.41, 5.74) is 1.47. The molecule has 2 amide bonds. The number of aromatic nitrogens is 3. The monoisotopic (exact) mass is 463 g/mol. The van der Waals surface area contributed by atoms with Gasteiger partial charge in [0.15, 0.2) is 0 Å². The first-order chi connectivity index (χ1) is 13.9. The molecule has 31 heavy (non-hydrogen) atoms. The first kappa shape index (κ1) is 24.4. The Labute approximate surface area is 191 Å². The minimum Gasteiger partial charge on any atom is -0.320 e. The van der Waals surface area contributed by atoms with Gasteiger partial charge in [0.05, 0.1) is 35.9 Å². The van der Waals surface area contributed by atoms with E-state index in [1.807, 2.05) is 6.92 Å². The van der Waals surface area contributed by atoms with Gasteiger partial charge in [-0.05, 0) is 38.1 Å². The second kappa shape index (κ2) is 9.49. The fourth-order valence-electron chi connectivity index (χ4n) is 3.29. The predicted octanol–water partition coefficient (Wildman–Crippen LogP) is 4.60. The first-order valence-corrected chi connectivity index (χ1v) is 9.31. The molecule has 1 aromatic carbocycles. The molecule has 0 unspecified atom stereocenters. The van der Waals surface area contributed by atoms with Gasteiger partial charge in [-0.15, -0.1) is 0 Å². The van der Waals surface area contributed by atoms with Gasteiger partial charge in [0.1, 0.15) is 11.5 Å². The largest absolute Gasteiger partial charge is 0.320 e. The van der Waals surface area contributed by atoms with Crippen molar-refractivity contribution >= 4 is 48.3 Å². The van der Waals surface area contributed by atoms with Gasteiger partial charge in [-0.25, -0.2) is 4.39 Å². The SMILES string of the molecule is C.Cc1c(F)cncc1NC(=O)c1cnn2c1C(=O)N(c1ccc(Cl)cc1)C[C@@H]2C.S. The molecule has 0 spiro atoms. The zero-order chi connectivity index (χ0) is 20.7. The maximum absolute atomic E-state index is 13.7. The molecule has 164 valence electrons. The molecule has 0 fully saturated rings. The Morgan fingerprint density at radius 2 is 1.90 bits per heavy atom.